The zero-order valence-corrected chi connectivity index (χ0v) is 14.1. The number of rotatable bonds is 6. The molecule has 0 amide bonds. The van der Waals surface area contributed by atoms with Crippen LogP contribution < -0.4 is 10.1 Å². The van der Waals surface area contributed by atoms with Gasteiger partial charge in [0.1, 0.15) is 12.4 Å². The summed E-state index contributed by atoms with van der Waals surface area (Å²) in [5.74, 6) is 2.49. The third kappa shape index (κ3) is 4.65. The summed E-state index contributed by atoms with van der Waals surface area (Å²) in [6.07, 6.45) is 2.53. The van der Waals surface area contributed by atoms with Crippen molar-refractivity contribution in [2.75, 3.05) is 32.8 Å². The second kappa shape index (κ2) is 8.66. The van der Waals surface area contributed by atoms with Gasteiger partial charge in [-0.3, -0.25) is 0 Å². The molecule has 0 aliphatic carbocycles. The number of likely N-dealkylation sites (tertiary alicyclic amines) is 1. The summed E-state index contributed by atoms with van der Waals surface area (Å²) in [5, 5.41) is 3.37. The summed E-state index contributed by atoms with van der Waals surface area (Å²) in [7, 11) is 0. The van der Waals surface area contributed by atoms with Crippen molar-refractivity contribution in [2.45, 2.75) is 39.5 Å². The second-order valence-corrected chi connectivity index (χ2v) is 5.97. The van der Waals surface area contributed by atoms with Gasteiger partial charge < -0.3 is 15.0 Å². The van der Waals surface area contributed by atoms with E-state index in [1.54, 1.807) is 0 Å². The maximum Gasteiger partial charge on any atom is 0.194 e. The molecular weight excluding hydrogens is 274 g/mol. The number of ether oxygens (including phenoxy) is 1. The number of aliphatic imine (C=N–C) groups is 1. The highest BCUT2D eigenvalue weighted by molar-refractivity contribution is 5.80. The van der Waals surface area contributed by atoms with E-state index in [2.05, 4.69) is 43.1 Å². The highest BCUT2D eigenvalue weighted by Gasteiger charge is 2.15. The fourth-order valence-electron chi connectivity index (χ4n) is 2.75. The van der Waals surface area contributed by atoms with Gasteiger partial charge in [0.25, 0.3) is 0 Å². The molecular formula is C18H29N3O. The summed E-state index contributed by atoms with van der Waals surface area (Å²) in [6.45, 7) is 10.9. The van der Waals surface area contributed by atoms with Crippen LogP contribution in [0.4, 0.5) is 0 Å². The number of nitrogens with one attached hydrogen (secondary N) is 1. The molecule has 0 atom stereocenters. The van der Waals surface area contributed by atoms with E-state index < -0.39 is 0 Å². The second-order valence-electron chi connectivity index (χ2n) is 5.97. The largest absolute Gasteiger partial charge is 0.491 e. The lowest BCUT2D eigenvalue weighted by atomic mass is 10.0. The van der Waals surface area contributed by atoms with Crippen molar-refractivity contribution < 1.29 is 4.74 Å². The first-order chi connectivity index (χ1) is 10.7. The molecule has 4 nitrogen and oxygen atoms in total. The monoisotopic (exact) mass is 303 g/mol. The molecule has 0 unspecified atom stereocenters. The molecule has 0 saturated carbocycles. The molecule has 1 saturated heterocycles. The maximum absolute atomic E-state index is 5.94. The number of hydrogen-bond donors (Lipinski definition) is 1. The van der Waals surface area contributed by atoms with Gasteiger partial charge in [0.2, 0.25) is 0 Å². The summed E-state index contributed by atoms with van der Waals surface area (Å²) >= 11 is 0. The lowest BCUT2D eigenvalue weighted by molar-refractivity contribution is 0.323. The van der Waals surface area contributed by atoms with Crippen LogP contribution in [-0.2, 0) is 0 Å². The van der Waals surface area contributed by atoms with Gasteiger partial charge in [-0.1, -0.05) is 32.0 Å². The van der Waals surface area contributed by atoms with E-state index in [0.29, 0.717) is 19.1 Å². The number of benzene rings is 1. The van der Waals surface area contributed by atoms with Gasteiger partial charge >= 0.3 is 0 Å². The van der Waals surface area contributed by atoms with Crippen LogP contribution in [0.1, 0.15) is 45.1 Å². The van der Waals surface area contributed by atoms with Crippen molar-refractivity contribution >= 4 is 5.96 Å². The maximum atomic E-state index is 5.94. The van der Waals surface area contributed by atoms with Crippen LogP contribution in [0.25, 0.3) is 0 Å². The SMILES string of the molecule is CCNC(=NCCOc1ccccc1C(C)C)N1CCCC1. The number of hydrogen-bond acceptors (Lipinski definition) is 2. The molecule has 1 aromatic carbocycles. The quantitative estimate of drug-likeness (QED) is 0.498. The molecule has 1 aromatic rings. The Balaban J connectivity index is 1.88. The van der Waals surface area contributed by atoms with Crippen LogP contribution in [0.5, 0.6) is 5.75 Å². The van der Waals surface area contributed by atoms with Gasteiger partial charge in [-0.15, -0.1) is 0 Å². The first kappa shape index (κ1) is 16.7. The average molecular weight is 303 g/mol. The third-order valence-electron chi connectivity index (χ3n) is 3.89. The van der Waals surface area contributed by atoms with E-state index in [9.17, 15) is 0 Å². The van der Waals surface area contributed by atoms with Crippen LogP contribution in [0.3, 0.4) is 0 Å². The van der Waals surface area contributed by atoms with E-state index in [4.69, 9.17) is 9.73 Å². The van der Waals surface area contributed by atoms with Gasteiger partial charge in [0.05, 0.1) is 6.54 Å². The molecule has 22 heavy (non-hydrogen) atoms. The Hall–Kier alpha value is -1.71. The molecule has 1 fully saturated rings. The number of nitrogens with zero attached hydrogens (tertiary/aromatic N) is 2. The fourth-order valence-corrected chi connectivity index (χ4v) is 2.75. The highest BCUT2D eigenvalue weighted by atomic mass is 16.5. The van der Waals surface area contributed by atoms with Crippen LogP contribution in [-0.4, -0.2) is 43.6 Å². The predicted molar refractivity (Wildman–Crippen MR) is 92.8 cm³/mol. The minimum atomic E-state index is 0.474. The summed E-state index contributed by atoms with van der Waals surface area (Å²) in [6, 6.07) is 8.28. The molecule has 4 heteroatoms. The average Bonchev–Trinajstić information content (AvgIpc) is 3.05. The van der Waals surface area contributed by atoms with E-state index >= 15 is 0 Å². The van der Waals surface area contributed by atoms with E-state index in [1.165, 1.54) is 18.4 Å². The highest BCUT2D eigenvalue weighted by Crippen LogP contribution is 2.25. The van der Waals surface area contributed by atoms with Crippen LogP contribution in [0.2, 0.25) is 0 Å². The Bertz CT molecular complexity index is 479. The van der Waals surface area contributed by atoms with Crippen molar-refractivity contribution in [3.63, 3.8) is 0 Å². The van der Waals surface area contributed by atoms with Gasteiger partial charge in [-0.25, -0.2) is 4.99 Å². The normalized spacial score (nSPS) is 15.5. The predicted octanol–water partition coefficient (Wildman–Crippen LogP) is 3.25. The molecule has 0 aromatic heterocycles. The van der Waals surface area contributed by atoms with E-state index in [1.807, 2.05) is 12.1 Å². The summed E-state index contributed by atoms with van der Waals surface area (Å²) in [4.78, 5) is 7.03. The smallest absolute Gasteiger partial charge is 0.194 e. The summed E-state index contributed by atoms with van der Waals surface area (Å²) in [5.41, 5.74) is 1.26. The molecule has 2 rings (SSSR count). The van der Waals surface area contributed by atoms with E-state index in [0.717, 1.165) is 31.3 Å². The third-order valence-corrected chi connectivity index (χ3v) is 3.89. The summed E-state index contributed by atoms with van der Waals surface area (Å²) < 4.78 is 5.94. The lowest BCUT2D eigenvalue weighted by Gasteiger charge is -2.20. The molecule has 122 valence electrons. The van der Waals surface area contributed by atoms with Crippen molar-refractivity contribution in [1.82, 2.24) is 10.2 Å². The zero-order valence-electron chi connectivity index (χ0n) is 14.1. The Morgan fingerprint density at radius 3 is 2.68 bits per heavy atom. The van der Waals surface area contributed by atoms with Gasteiger partial charge in [0, 0.05) is 19.6 Å². The van der Waals surface area contributed by atoms with E-state index in [-0.39, 0.29) is 0 Å². The van der Waals surface area contributed by atoms with Crippen LogP contribution in [0.15, 0.2) is 29.3 Å². The zero-order chi connectivity index (χ0) is 15.8. The molecule has 0 bridgehead atoms. The molecule has 1 aliphatic heterocycles. The molecule has 1 aliphatic rings. The Labute approximate surface area is 134 Å². The van der Waals surface area contributed by atoms with Crippen LogP contribution in [0, 0.1) is 0 Å². The molecule has 1 heterocycles. The Kier molecular flexibility index (Phi) is 6.56. The van der Waals surface area contributed by atoms with Crippen LogP contribution >= 0.6 is 0 Å². The van der Waals surface area contributed by atoms with Crippen molar-refractivity contribution in [2.24, 2.45) is 4.99 Å². The van der Waals surface area contributed by atoms with Crippen molar-refractivity contribution in [3.8, 4) is 5.75 Å². The first-order valence-electron chi connectivity index (χ1n) is 8.47. The standard InChI is InChI=1S/C18H29N3O/c1-4-19-18(21-12-7-8-13-21)20-11-14-22-17-10-6-5-9-16(17)15(2)3/h5-6,9-10,15H,4,7-8,11-14H2,1-3H3,(H,19,20). The first-order valence-corrected chi connectivity index (χ1v) is 8.47. The van der Waals surface area contributed by atoms with Crippen molar-refractivity contribution in [1.29, 1.82) is 0 Å². The molecule has 0 spiro atoms. The van der Waals surface area contributed by atoms with Crippen molar-refractivity contribution in [3.05, 3.63) is 29.8 Å². The lowest BCUT2D eigenvalue weighted by Crippen LogP contribution is -2.39. The minimum Gasteiger partial charge on any atom is -0.491 e. The van der Waals surface area contributed by atoms with Gasteiger partial charge in [-0.05, 0) is 37.3 Å². The topological polar surface area (TPSA) is 36.9 Å². The number of guanidine groups is 1. The molecule has 1 N–H and O–H groups in total. The Morgan fingerprint density at radius 1 is 1.27 bits per heavy atom. The Morgan fingerprint density at radius 2 is 2.00 bits per heavy atom. The minimum absolute atomic E-state index is 0.474. The van der Waals surface area contributed by atoms with Gasteiger partial charge in [0.15, 0.2) is 5.96 Å². The van der Waals surface area contributed by atoms with Gasteiger partial charge in [-0.2, -0.15) is 0 Å². The number of para-hydroxylation sites is 1. The fraction of sp³-hybridized carbons (Fsp3) is 0.611. The molecule has 0 radical (unpaired) electrons.